The smallest absolute Gasteiger partial charge is 0.157 e. The number of fused-ring (bicyclic) bond motifs is 1. The van der Waals surface area contributed by atoms with Gasteiger partial charge in [-0.15, -0.1) is 0 Å². The first-order chi connectivity index (χ1) is 7.18. The SMILES string of the molecule is CC(C)=CCn1cnc(=N)c2cc[nH]c21. The molecule has 0 atom stereocenters. The first-order valence-corrected chi connectivity index (χ1v) is 4.89. The van der Waals surface area contributed by atoms with E-state index in [0.717, 1.165) is 17.6 Å². The summed E-state index contributed by atoms with van der Waals surface area (Å²) in [5.74, 6) is 0. The van der Waals surface area contributed by atoms with Gasteiger partial charge >= 0.3 is 0 Å². The van der Waals surface area contributed by atoms with Crippen LogP contribution in [-0.4, -0.2) is 14.5 Å². The van der Waals surface area contributed by atoms with Crippen LogP contribution >= 0.6 is 0 Å². The average Bonchev–Trinajstić information content (AvgIpc) is 2.66. The summed E-state index contributed by atoms with van der Waals surface area (Å²) in [6, 6.07) is 1.88. The Morgan fingerprint density at radius 2 is 2.40 bits per heavy atom. The van der Waals surface area contributed by atoms with Gasteiger partial charge in [-0.25, -0.2) is 4.98 Å². The quantitative estimate of drug-likeness (QED) is 0.717. The van der Waals surface area contributed by atoms with Crippen molar-refractivity contribution in [3.05, 3.63) is 35.7 Å². The molecule has 0 aliphatic carbocycles. The van der Waals surface area contributed by atoms with Crippen molar-refractivity contribution < 1.29 is 0 Å². The van der Waals surface area contributed by atoms with E-state index in [4.69, 9.17) is 5.41 Å². The highest BCUT2D eigenvalue weighted by Crippen LogP contribution is 2.06. The molecule has 0 saturated carbocycles. The van der Waals surface area contributed by atoms with Crippen LogP contribution in [0.25, 0.3) is 11.0 Å². The van der Waals surface area contributed by atoms with Crippen molar-refractivity contribution in [3.63, 3.8) is 0 Å². The van der Waals surface area contributed by atoms with Crippen molar-refractivity contribution in [1.82, 2.24) is 14.5 Å². The van der Waals surface area contributed by atoms with E-state index in [1.807, 2.05) is 16.8 Å². The number of H-pyrrole nitrogens is 1. The number of aromatic amines is 1. The van der Waals surface area contributed by atoms with E-state index in [9.17, 15) is 0 Å². The standard InChI is InChI=1S/C11H14N4/c1-8(2)4-6-15-7-14-10(12)9-3-5-13-11(9)15/h3-5,7,12-13H,6H2,1-2H3. The summed E-state index contributed by atoms with van der Waals surface area (Å²) in [4.78, 5) is 7.16. The molecule has 0 bridgehead atoms. The van der Waals surface area contributed by atoms with Crippen molar-refractivity contribution in [3.8, 4) is 0 Å². The summed E-state index contributed by atoms with van der Waals surface area (Å²) in [6.45, 7) is 4.92. The largest absolute Gasteiger partial charge is 0.347 e. The number of nitrogens with zero attached hydrogens (tertiary/aromatic N) is 2. The number of hydrogen-bond acceptors (Lipinski definition) is 2. The molecular formula is C11H14N4. The minimum absolute atomic E-state index is 0.319. The van der Waals surface area contributed by atoms with Crippen LogP contribution in [0.15, 0.2) is 30.2 Å². The molecule has 15 heavy (non-hydrogen) atoms. The lowest BCUT2D eigenvalue weighted by molar-refractivity contribution is 0.799. The molecule has 0 radical (unpaired) electrons. The predicted octanol–water partition coefficient (Wildman–Crippen LogP) is 1.81. The van der Waals surface area contributed by atoms with Crippen molar-refractivity contribution in [2.75, 3.05) is 0 Å². The molecule has 0 aromatic carbocycles. The van der Waals surface area contributed by atoms with Crippen LogP contribution in [0.3, 0.4) is 0 Å². The van der Waals surface area contributed by atoms with E-state index >= 15 is 0 Å². The molecule has 4 nitrogen and oxygen atoms in total. The highest BCUT2D eigenvalue weighted by molar-refractivity contribution is 5.73. The van der Waals surface area contributed by atoms with Crippen LogP contribution in [0.5, 0.6) is 0 Å². The zero-order chi connectivity index (χ0) is 10.8. The predicted molar refractivity (Wildman–Crippen MR) is 59.4 cm³/mol. The van der Waals surface area contributed by atoms with E-state index in [0.29, 0.717) is 5.49 Å². The Kier molecular flexibility index (Phi) is 2.41. The monoisotopic (exact) mass is 202 g/mol. The summed E-state index contributed by atoms with van der Waals surface area (Å²) in [5, 5.41) is 8.49. The molecule has 2 aromatic heterocycles. The fraction of sp³-hybridized carbons (Fsp3) is 0.273. The lowest BCUT2D eigenvalue weighted by Gasteiger charge is -2.04. The van der Waals surface area contributed by atoms with Gasteiger partial charge in [0.05, 0.1) is 11.7 Å². The molecule has 0 fully saturated rings. The molecule has 0 aliphatic rings. The third-order valence-corrected chi connectivity index (χ3v) is 2.29. The van der Waals surface area contributed by atoms with Gasteiger partial charge in [0.25, 0.3) is 0 Å². The molecular weight excluding hydrogens is 188 g/mol. The molecule has 0 saturated heterocycles. The zero-order valence-electron chi connectivity index (χ0n) is 8.91. The molecule has 0 spiro atoms. The van der Waals surface area contributed by atoms with Gasteiger partial charge in [-0.2, -0.15) is 0 Å². The maximum absolute atomic E-state index is 7.63. The van der Waals surface area contributed by atoms with E-state index in [1.54, 1.807) is 6.33 Å². The summed E-state index contributed by atoms with van der Waals surface area (Å²) >= 11 is 0. The fourth-order valence-corrected chi connectivity index (χ4v) is 1.46. The minimum atomic E-state index is 0.319. The maximum atomic E-state index is 7.63. The van der Waals surface area contributed by atoms with Crippen molar-refractivity contribution in [1.29, 1.82) is 5.41 Å². The Bertz CT molecular complexity index is 555. The normalized spacial score (nSPS) is 10.5. The fourth-order valence-electron chi connectivity index (χ4n) is 1.46. The summed E-state index contributed by atoms with van der Waals surface area (Å²) < 4.78 is 2.00. The molecule has 0 amide bonds. The summed E-state index contributed by atoms with van der Waals surface area (Å²) in [5.41, 5.74) is 2.55. The lowest BCUT2D eigenvalue weighted by atomic mass is 10.3. The van der Waals surface area contributed by atoms with Crippen molar-refractivity contribution in [2.24, 2.45) is 0 Å². The molecule has 2 aromatic rings. The topological polar surface area (TPSA) is 57.5 Å². The van der Waals surface area contributed by atoms with Gasteiger partial charge < -0.3 is 9.55 Å². The van der Waals surface area contributed by atoms with Gasteiger partial charge in [0.2, 0.25) is 0 Å². The van der Waals surface area contributed by atoms with Gasteiger partial charge in [-0.3, -0.25) is 5.41 Å². The first kappa shape index (κ1) is 9.71. The van der Waals surface area contributed by atoms with Gasteiger partial charge in [0, 0.05) is 12.7 Å². The Morgan fingerprint density at radius 1 is 1.60 bits per heavy atom. The van der Waals surface area contributed by atoms with Gasteiger partial charge in [-0.1, -0.05) is 11.6 Å². The molecule has 0 unspecified atom stereocenters. The number of aromatic nitrogens is 3. The van der Waals surface area contributed by atoms with Crippen molar-refractivity contribution in [2.45, 2.75) is 20.4 Å². The first-order valence-electron chi connectivity index (χ1n) is 4.89. The molecule has 2 rings (SSSR count). The number of nitrogens with one attached hydrogen (secondary N) is 2. The second-order valence-corrected chi connectivity index (χ2v) is 3.77. The third kappa shape index (κ3) is 1.83. The molecule has 78 valence electrons. The second kappa shape index (κ2) is 3.73. The third-order valence-electron chi connectivity index (χ3n) is 2.29. The Balaban J connectivity index is 2.53. The number of hydrogen-bond donors (Lipinski definition) is 2. The van der Waals surface area contributed by atoms with Crippen LogP contribution < -0.4 is 5.49 Å². The second-order valence-electron chi connectivity index (χ2n) is 3.77. The number of rotatable bonds is 2. The molecule has 2 N–H and O–H groups in total. The molecule has 0 aliphatic heterocycles. The van der Waals surface area contributed by atoms with E-state index in [1.165, 1.54) is 5.57 Å². The Morgan fingerprint density at radius 3 is 3.13 bits per heavy atom. The lowest BCUT2D eigenvalue weighted by Crippen LogP contribution is -2.11. The van der Waals surface area contributed by atoms with E-state index in [-0.39, 0.29) is 0 Å². The average molecular weight is 202 g/mol. The van der Waals surface area contributed by atoms with Gasteiger partial charge in [-0.05, 0) is 19.9 Å². The highest BCUT2D eigenvalue weighted by Gasteiger charge is 2.00. The minimum Gasteiger partial charge on any atom is -0.347 e. The van der Waals surface area contributed by atoms with Crippen LogP contribution in [-0.2, 0) is 6.54 Å². The van der Waals surface area contributed by atoms with Gasteiger partial charge in [0.1, 0.15) is 5.65 Å². The van der Waals surface area contributed by atoms with Crippen LogP contribution in [0, 0.1) is 5.41 Å². The van der Waals surface area contributed by atoms with Crippen LogP contribution in [0.1, 0.15) is 13.8 Å². The van der Waals surface area contributed by atoms with Crippen LogP contribution in [0.4, 0.5) is 0 Å². The highest BCUT2D eigenvalue weighted by atomic mass is 15.1. The number of allylic oxidation sites excluding steroid dienone is 2. The molecule has 2 heterocycles. The van der Waals surface area contributed by atoms with E-state index in [2.05, 4.69) is 29.9 Å². The summed E-state index contributed by atoms with van der Waals surface area (Å²) in [6.07, 6.45) is 5.66. The Labute approximate surface area is 87.8 Å². The molecule has 4 heteroatoms. The zero-order valence-corrected chi connectivity index (χ0v) is 8.91. The Hall–Kier alpha value is -1.84. The van der Waals surface area contributed by atoms with Crippen molar-refractivity contribution >= 4 is 11.0 Å². The maximum Gasteiger partial charge on any atom is 0.157 e. The summed E-state index contributed by atoms with van der Waals surface area (Å²) in [7, 11) is 0. The van der Waals surface area contributed by atoms with Crippen LogP contribution in [0.2, 0.25) is 0 Å². The van der Waals surface area contributed by atoms with Gasteiger partial charge in [0.15, 0.2) is 5.49 Å². The van der Waals surface area contributed by atoms with E-state index < -0.39 is 0 Å².